The highest BCUT2D eigenvalue weighted by molar-refractivity contribution is 5.38. The summed E-state index contributed by atoms with van der Waals surface area (Å²) < 4.78 is 11.7. The predicted molar refractivity (Wildman–Crippen MR) is 85.7 cm³/mol. The first-order valence-electron chi connectivity index (χ1n) is 7.48. The lowest BCUT2D eigenvalue weighted by atomic mass is 10.1. The van der Waals surface area contributed by atoms with Crippen LogP contribution in [0.2, 0.25) is 0 Å². The molecule has 114 valence electrons. The maximum atomic E-state index is 5.94. The summed E-state index contributed by atoms with van der Waals surface area (Å²) >= 11 is 0. The Kier molecular flexibility index (Phi) is 5.07. The van der Waals surface area contributed by atoms with Gasteiger partial charge in [0.25, 0.3) is 0 Å². The van der Waals surface area contributed by atoms with Crippen LogP contribution in [0.4, 0.5) is 0 Å². The summed E-state index contributed by atoms with van der Waals surface area (Å²) in [6.07, 6.45) is 0. The van der Waals surface area contributed by atoms with Crippen LogP contribution in [-0.4, -0.2) is 6.04 Å². The third kappa shape index (κ3) is 4.11. The Balaban J connectivity index is 2.01. The zero-order valence-electron chi connectivity index (χ0n) is 13.6. The Labute approximate surface area is 127 Å². The normalized spacial score (nSPS) is 11.1. The molecule has 0 aliphatic rings. The van der Waals surface area contributed by atoms with Gasteiger partial charge in [0.1, 0.15) is 23.9 Å². The van der Waals surface area contributed by atoms with Crippen LogP contribution >= 0.6 is 0 Å². The summed E-state index contributed by atoms with van der Waals surface area (Å²) in [5, 5.41) is 3.36. The van der Waals surface area contributed by atoms with Gasteiger partial charge < -0.3 is 14.5 Å². The van der Waals surface area contributed by atoms with E-state index in [-0.39, 0.29) is 0 Å². The number of hydrogen-bond donors (Lipinski definition) is 1. The summed E-state index contributed by atoms with van der Waals surface area (Å²) in [7, 11) is 0. The molecule has 0 atom stereocenters. The number of furan rings is 1. The highest BCUT2D eigenvalue weighted by atomic mass is 16.5. The second kappa shape index (κ2) is 6.81. The standard InChI is InChI=1S/C18H25NO2/c1-12(2)19-10-17-9-16(15(5)21-17)11-20-18-8-6-7-13(3)14(18)4/h6-9,12,19H,10-11H2,1-5H3. The molecule has 0 saturated carbocycles. The molecule has 0 spiro atoms. The second-order valence-electron chi connectivity index (χ2n) is 5.82. The van der Waals surface area contributed by atoms with Crippen LogP contribution in [0.1, 0.15) is 42.1 Å². The number of rotatable bonds is 6. The maximum Gasteiger partial charge on any atom is 0.122 e. The Hall–Kier alpha value is -1.74. The van der Waals surface area contributed by atoms with Gasteiger partial charge in [-0.2, -0.15) is 0 Å². The van der Waals surface area contributed by atoms with Crippen molar-refractivity contribution < 1.29 is 9.15 Å². The molecular formula is C18H25NO2. The first kappa shape index (κ1) is 15.6. The fourth-order valence-electron chi connectivity index (χ4n) is 2.16. The van der Waals surface area contributed by atoms with Crippen molar-refractivity contribution >= 4 is 0 Å². The van der Waals surface area contributed by atoms with Crippen LogP contribution in [0.25, 0.3) is 0 Å². The molecule has 0 amide bonds. The van der Waals surface area contributed by atoms with Gasteiger partial charge in [-0.15, -0.1) is 0 Å². The van der Waals surface area contributed by atoms with Crippen molar-refractivity contribution in [3.63, 3.8) is 0 Å². The molecule has 0 aliphatic heterocycles. The van der Waals surface area contributed by atoms with E-state index in [2.05, 4.69) is 45.1 Å². The number of nitrogens with one attached hydrogen (secondary N) is 1. The molecule has 1 aromatic heterocycles. The molecule has 0 radical (unpaired) electrons. The van der Waals surface area contributed by atoms with E-state index >= 15 is 0 Å². The molecule has 21 heavy (non-hydrogen) atoms. The van der Waals surface area contributed by atoms with Gasteiger partial charge in [-0.25, -0.2) is 0 Å². The van der Waals surface area contributed by atoms with Crippen molar-refractivity contribution in [1.82, 2.24) is 5.32 Å². The maximum absolute atomic E-state index is 5.94. The topological polar surface area (TPSA) is 34.4 Å². The van der Waals surface area contributed by atoms with Gasteiger partial charge in [0, 0.05) is 11.6 Å². The molecule has 0 unspecified atom stereocenters. The number of hydrogen-bond acceptors (Lipinski definition) is 3. The second-order valence-corrected chi connectivity index (χ2v) is 5.82. The van der Waals surface area contributed by atoms with Crippen molar-refractivity contribution in [3.05, 3.63) is 52.5 Å². The van der Waals surface area contributed by atoms with Gasteiger partial charge in [-0.05, 0) is 44.0 Å². The summed E-state index contributed by atoms with van der Waals surface area (Å²) in [5.74, 6) is 2.83. The van der Waals surface area contributed by atoms with Gasteiger partial charge in [-0.1, -0.05) is 26.0 Å². The monoisotopic (exact) mass is 287 g/mol. The van der Waals surface area contributed by atoms with Crippen molar-refractivity contribution in [2.45, 2.75) is 53.8 Å². The molecule has 2 aromatic rings. The smallest absolute Gasteiger partial charge is 0.122 e. The minimum Gasteiger partial charge on any atom is -0.488 e. The summed E-state index contributed by atoms with van der Waals surface area (Å²) in [6.45, 7) is 11.7. The SMILES string of the molecule is Cc1cccc(OCc2cc(CNC(C)C)oc2C)c1C. The molecule has 3 nitrogen and oxygen atoms in total. The largest absolute Gasteiger partial charge is 0.488 e. The Bertz CT molecular complexity index is 599. The predicted octanol–water partition coefficient (Wildman–Crippen LogP) is 4.28. The van der Waals surface area contributed by atoms with Crippen molar-refractivity contribution in [2.24, 2.45) is 0 Å². The molecule has 0 aliphatic carbocycles. The average Bonchev–Trinajstić information content (AvgIpc) is 2.79. The number of aryl methyl sites for hydroxylation is 2. The van der Waals surface area contributed by atoms with E-state index in [0.29, 0.717) is 12.6 Å². The summed E-state index contributed by atoms with van der Waals surface area (Å²) in [6, 6.07) is 8.67. The van der Waals surface area contributed by atoms with Crippen LogP contribution in [0, 0.1) is 20.8 Å². The lowest BCUT2D eigenvalue weighted by molar-refractivity contribution is 0.300. The van der Waals surface area contributed by atoms with Crippen LogP contribution in [0.3, 0.4) is 0 Å². The number of ether oxygens (including phenoxy) is 1. The number of benzene rings is 1. The molecule has 3 heteroatoms. The van der Waals surface area contributed by atoms with Crippen LogP contribution in [0.5, 0.6) is 5.75 Å². The van der Waals surface area contributed by atoms with E-state index in [4.69, 9.17) is 9.15 Å². The van der Waals surface area contributed by atoms with Gasteiger partial charge in [0.2, 0.25) is 0 Å². The first-order valence-corrected chi connectivity index (χ1v) is 7.48. The summed E-state index contributed by atoms with van der Waals surface area (Å²) in [4.78, 5) is 0. The van der Waals surface area contributed by atoms with Gasteiger partial charge in [0.05, 0.1) is 6.54 Å². The fourth-order valence-corrected chi connectivity index (χ4v) is 2.16. The Morgan fingerprint density at radius 2 is 1.95 bits per heavy atom. The quantitative estimate of drug-likeness (QED) is 0.861. The summed E-state index contributed by atoms with van der Waals surface area (Å²) in [5.41, 5.74) is 3.55. The molecular weight excluding hydrogens is 262 g/mol. The van der Waals surface area contributed by atoms with E-state index in [1.165, 1.54) is 11.1 Å². The Morgan fingerprint density at radius 3 is 2.67 bits per heavy atom. The minimum absolute atomic E-state index is 0.449. The molecule has 0 saturated heterocycles. The minimum atomic E-state index is 0.449. The van der Waals surface area contributed by atoms with Crippen molar-refractivity contribution in [3.8, 4) is 5.75 Å². The third-order valence-electron chi connectivity index (χ3n) is 3.69. The highest BCUT2D eigenvalue weighted by Crippen LogP contribution is 2.23. The molecule has 0 fully saturated rings. The zero-order valence-corrected chi connectivity index (χ0v) is 13.6. The highest BCUT2D eigenvalue weighted by Gasteiger charge is 2.09. The van der Waals surface area contributed by atoms with E-state index in [1.807, 2.05) is 19.1 Å². The van der Waals surface area contributed by atoms with E-state index < -0.39 is 0 Å². The van der Waals surface area contributed by atoms with E-state index in [1.54, 1.807) is 0 Å². The Morgan fingerprint density at radius 1 is 1.19 bits per heavy atom. The fraction of sp³-hybridized carbons (Fsp3) is 0.444. The van der Waals surface area contributed by atoms with Gasteiger partial charge in [0.15, 0.2) is 0 Å². The van der Waals surface area contributed by atoms with Crippen molar-refractivity contribution in [1.29, 1.82) is 0 Å². The molecule has 1 heterocycles. The van der Waals surface area contributed by atoms with E-state index in [0.717, 1.165) is 29.4 Å². The van der Waals surface area contributed by atoms with Crippen LogP contribution in [0.15, 0.2) is 28.7 Å². The van der Waals surface area contributed by atoms with Crippen molar-refractivity contribution in [2.75, 3.05) is 0 Å². The average molecular weight is 287 g/mol. The lowest BCUT2D eigenvalue weighted by Gasteiger charge is -2.10. The molecule has 1 aromatic carbocycles. The van der Waals surface area contributed by atoms with Crippen LogP contribution in [-0.2, 0) is 13.2 Å². The van der Waals surface area contributed by atoms with Crippen LogP contribution < -0.4 is 10.1 Å². The zero-order chi connectivity index (χ0) is 15.4. The lowest BCUT2D eigenvalue weighted by Crippen LogP contribution is -2.21. The molecule has 2 rings (SSSR count). The third-order valence-corrected chi connectivity index (χ3v) is 3.69. The molecule has 1 N–H and O–H groups in total. The van der Waals surface area contributed by atoms with Gasteiger partial charge >= 0.3 is 0 Å². The van der Waals surface area contributed by atoms with E-state index in [9.17, 15) is 0 Å². The van der Waals surface area contributed by atoms with Gasteiger partial charge in [-0.3, -0.25) is 0 Å². The molecule has 0 bridgehead atoms. The first-order chi connectivity index (χ1) is 9.97.